The van der Waals surface area contributed by atoms with Crippen LogP contribution in [0.3, 0.4) is 0 Å². The predicted octanol–water partition coefficient (Wildman–Crippen LogP) is 1.48. The van der Waals surface area contributed by atoms with Crippen LogP contribution in [0, 0.1) is 0 Å². The molecule has 1 rings (SSSR count). The van der Waals surface area contributed by atoms with Gasteiger partial charge in [0.15, 0.2) is 0 Å². The Kier molecular flexibility index (Phi) is 4.91. The van der Waals surface area contributed by atoms with E-state index < -0.39 is 5.97 Å². The van der Waals surface area contributed by atoms with Crippen LogP contribution in [-0.4, -0.2) is 43.6 Å². The summed E-state index contributed by atoms with van der Waals surface area (Å²) in [7, 11) is 0. The molecule has 5 heteroatoms. The van der Waals surface area contributed by atoms with Crippen molar-refractivity contribution in [3.63, 3.8) is 0 Å². The molecule has 3 N–H and O–H groups in total. The van der Waals surface area contributed by atoms with E-state index in [0.717, 1.165) is 6.92 Å². The summed E-state index contributed by atoms with van der Waals surface area (Å²) in [4.78, 5) is 9.00. The highest BCUT2D eigenvalue weighted by molar-refractivity contribution is 5.62. The van der Waals surface area contributed by atoms with Gasteiger partial charge in [-0.15, -0.1) is 0 Å². The van der Waals surface area contributed by atoms with Gasteiger partial charge in [-0.1, -0.05) is 0 Å². The Labute approximate surface area is 96.6 Å². The minimum atomic E-state index is -0.833. The van der Waals surface area contributed by atoms with Gasteiger partial charge in [-0.25, -0.2) is 0 Å². The number of carbonyl (C=O) groups is 1. The minimum absolute atomic E-state index is 0.293. The van der Waals surface area contributed by atoms with Gasteiger partial charge < -0.3 is 15.4 Å². The van der Waals surface area contributed by atoms with Gasteiger partial charge >= 0.3 is 0 Å². The monoisotopic (exact) mass is 233 g/mol. The van der Waals surface area contributed by atoms with E-state index in [1.807, 2.05) is 27.7 Å². The van der Waals surface area contributed by atoms with Crippen LogP contribution < -0.4 is 0 Å². The predicted molar refractivity (Wildman–Crippen MR) is 60.3 cm³/mol. The van der Waals surface area contributed by atoms with Gasteiger partial charge in [-0.3, -0.25) is 4.79 Å². The van der Waals surface area contributed by atoms with Crippen LogP contribution in [0.15, 0.2) is 0 Å². The highest BCUT2D eigenvalue weighted by Crippen LogP contribution is 2.36. The SMILES string of the molecule is CC(=O)O.CC1(C)CC(O)CC(C)(C)N1O. The lowest BCUT2D eigenvalue weighted by atomic mass is 9.80. The normalized spacial score (nSPS) is 24.4. The molecule has 5 nitrogen and oxygen atoms in total. The van der Waals surface area contributed by atoms with Crippen LogP contribution in [0.2, 0.25) is 0 Å². The lowest BCUT2D eigenvalue weighted by Gasteiger charge is -2.50. The number of piperidine rings is 1. The van der Waals surface area contributed by atoms with Gasteiger partial charge in [0, 0.05) is 18.0 Å². The molecule has 0 aromatic carbocycles. The molecule has 0 bridgehead atoms. The number of hydrogen-bond acceptors (Lipinski definition) is 4. The average molecular weight is 233 g/mol. The number of nitrogens with zero attached hydrogens (tertiary/aromatic N) is 1. The van der Waals surface area contributed by atoms with Crippen LogP contribution in [0.5, 0.6) is 0 Å². The fraction of sp³-hybridized carbons (Fsp3) is 0.909. The Hall–Kier alpha value is -0.650. The first-order valence-corrected chi connectivity index (χ1v) is 5.36. The third-order valence-electron chi connectivity index (χ3n) is 2.62. The summed E-state index contributed by atoms with van der Waals surface area (Å²) >= 11 is 0. The molecule has 0 aliphatic carbocycles. The quantitative estimate of drug-likeness (QED) is 0.590. The van der Waals surface area contributed by atoms with Gasteiger partial charge in [0.2, 0.25) is 0 Å². The second-order valence-electron chi connectivity index (χ2n) is 5.52. The summed E-state index contributed by atoms with van der Waals surface area (Å²) in [6.07, 6.45) is 0.971. The van der Waals surface area contributed by atoms with Crippen molar-refractivity contribution < 1.29 is 20.2 Å². The third kappa shape index (κ3) is 4.47. The fourth-order valence-electron chi connectivity index (χ4n) is 2.22. The Balaban J connectivity index is 0.000000487. The second kappa shape index (κ2) is 5.12. The summed E-state index contributed by atoms with van der Waals surface area (Å²) in [6, 6.07) is 0. The lowest BCUT2D eigenvalue weighted by molar-refractivity contribution is -0.257. The fourth-order valence-corrected chi connectivity index (χ4v) is 2.22. The zero-order chi connectivity index (χ0) is 13.1. The summed E-state index contributed by atoms with van der Waals surface area (Å²) in [5.74, 6) is -0.833. The van der Waals surface area contributed by atoms with Gasteiger partial charge in [0.25, 0.3) is 5.97 Å². The lowest BCUT2D eigenvalue weighted by Crippen LogP contribution is -2.60. The molecule has 96 valence electrons. The van der Waals surface area contributed by atoms with Crippen LogP contribution in [-0.2, 0) is 4.79 Å². The van der Waals surface area contributed by atoms with E-state index >= 15 is 0 Å². The number of hydroxylamine groups is 2. The topological polar surface area (TPSA) is 81.0 Å². The highest BCUT2D eigenvalue weighted by Gasteiger charge is 2.44. The molecule has 1 aliphatic rings. The molecule has 0 aromatic rings. The number of aliphatic hydroxyl groups excluding tert-OH is 1. The van der Waals surface area contributed by atoms with Crippen molar-refractivity contribution in [2.45, 2.75) is 64.6 Å². The van der Waals surface area contributed by atoms with E-state index in [-0.39, 0.29) is 17.2 Å². The Morgan fingerprint density at radius 1 is 1.19 bits per heavy atom. The van der Waals surface area contributed by atoms with Gasteiger partial charge in [0.1, 0.15) is 0 Å². The van der Waals surface area contributed by atoms with Crippen LogP contribution in [0.4, 0.5) is 0 Å². The maximum atomic E-state index is 9.80. The van der Waals surface area contributed by atoms with Crippen molar-refractivity contribution >= 4 is 5.97 Å². The zero-order valence-corrected chi connectivity index (χ0v) is 10.7. The number of carboxylic acid groups (broad SMARTS) is 1. The molecule has 0 amide bonds. The number of aliphatic hydroxyl groups is 1. The summed E-state index contributed by atoms with van der Waals surface area (Å²) < 4.78 is 0. The third-order valence-corrected chi connectivity index (χ3v) is 2.62. The smallest absolute Gasteiger partial charge is 0.300 e. The first-order chi connectivity index (χ1) is 6.99. The average Bonchev–Trinajstić information content (AvgIpc) is 1.96. The number of aliphatic carboxylic acids is 1. The first-order valence-electron chi connectivity index (χ1n) is 5.36. The maximum absolute atomic E-state index is 9.80. The maximum Gasteiger partial charge on any atom is 0.300 e. The molecule has 1 aliphatic heterocycles. The summed E-state index contributed by atoms with van der Waals surface area (Å²) in [5.41, 5.74) is -0.637. The molecule has 0 aromatic heterocycles. The molecule has 1 heterocycles. The Bertz CT molecular complexity index is 228. The van der Waals surface area contributed by atoms with Gasteiger partial charge in [-0.05, 0) is 40.5 Å². The van der Waals surface area contributed by atoms with E-state index in [1.54, 1.807) is 0 Å². The molecule has 16 heavy (non-hydrogen) atoms. The molecule has 1 saturated heterocycles. The minimum Gasteiger partial charge on any atom is -0.481 e. The van der Waals surface area contributed by atoms with Crippen LogP contribution in [0.1, 0.15) is 47.5 Å². The van der Waals surface area contributed by atoms with Crippen LogP contribution in [0.25, 0.3) is 0 Å². The van der Waals surface area contributed by atoms with Crippen molar-refractivity contribution in [2.24, 2.45) is 0 Å². The van der Waals surface area contributed by atoms with Crippen molar-refractivity contribution in [1.29, 1.82) is 0 Å². The zero-order valence-electron chi connectivity index (χ0n) is 10.7. The van der Waals surface area contributed by atoms with Gasteiger partial charge in [0.05, 0.1) is 6.10 Å². The summed E-state index contributed by atoms with van der Waals surface area (Å²) in [6.45, 7) is 8.85. The Morgan fingerprint density at radius 3 is 1.69 bits per heavy atom. The molecular weight excluding hydrogens is 210 g/mol. The van der Waals surface area contributed by atoms with Crippen molar-refractivity contribution in [3.05, 3.63) is 0 Å². The number of carboxylic acids is 1. The van der Waals surface area contributed by atoms with Crippen molar-refractivity contribution in [1.82, 2.24) is 5.06 Å². The molecular formula is C11H23NO4. The molecule has 0 saturated carbocycles. The second-order valence-corrected chi connectivity index (χ2v) is 5.52. The van der Waals surface area contributed by atoms with E-state index in [2.05, 4.69) is 0 Å². The highest BCUT2D eigenvalue weighted by atomic mass is 16.5. The van der Waals surface area contributed by atoms with Crippen LogP contribution >= 0.6 is 0 Å². The standard InChI is InChI=1S/C9H19NO2.C2H4O2/c1-8(2)5-7(11)6-9(3,4)10(8)12;1-2(3)4/h7,11-12H,5-6H2,1-4H3;1H3,(H,3,4). The molecule has 0 atom stereocenters. The molecule has 1 fully saturated rings. The van der Waals surface area contributed by atoms with Gasteiger partial charge in [-0.2, -0.15) is 5.06 Å². The number of rotatable bonds is 0. The Morgan fingerprint density at radius 2 is 1.44 bits per heavy atom. The largest absolute Gasteiger partial charge is 0.481 e. The van der Waals surface area contributed by atoms with E-state index in [1.165, 1.54) is 5.06 Å². The van der Waals surface area contributed by atoms with Crippen molar-refractivity contribution in [2.75, 3.05) is 0 Å². The van der Waals surface area contributed by atoms with E-state index in [0.29, 0.717) is 12.8 Å². The number of hydrogen-bond donors (Lipinski definition) is 3. The van der Waals surface area contributed by atoms with E-state index in [4.69, 9.17) is 9.90 Å². The first kappa shape index (κ1) is 15.3. The molecule has 0 spiro atoms. The summed E-state index contributed by atoms with van der Waals surface area (Å²) in [5, 5.41) is 28.1. The van der Waals surface area contributed by atoms with E-state index in [9.17, 15) is 10.3 Å². The van der Waals surface area contributed by atoms with Crippen molar-refractivity contribution in [3.8, 4) is 0 Å². The molecule has 0 unspecified atom stereocenters. The molecule has 0 radical (unpaired) electrons.